The molecular weight excluding hydrogens is 182 g/mol. The molecular formula is C9H5N3O2. The van der Waals surface area contributed by atoms with E-state index in [-0.39, 0.29) is 5.82 Å². The number of H-pyrrole nitrogens is 1. The Labute approximate surface area is 78.7 Å². The molecule has 2 rings (SSSR count). The number of aromatic nitrogens is 1. The molecule has 0 atom stereocenters. The van der Waals surface area contributed by atoms with Crippen LogP contribution >= 0.6 is 0 Å². The highest BCUT2D eigenvalue weighted by molar-refractivity contribution is 5.83. The smallest absolute Gasteiger partial charge is 0.321 e. The normalized spacial score (nSPS) is 9.93. The molecule has 0 radical (unpaired) electrons. The molecule has 0 aliphatic carbocycles. The van der Waals surface area contributed by atoms with Crippen molar-refractivity contribution in [3.63, 3.8) is 0 Å². The highest BCUT2D eigenvalue weighted by Crippen LogP contribution is 2.20. The first-order chi connectivity index (χ1) is 6.70. The quantitative estimate of drug-likeness (QED) is 0.547. The second kappa shape index (κ2) is 2.85. The van der Waals surface area contributed by atoms with Crippen LogP contribution in [0.15, 0.2) is 24.3 Å². The van der Waals surface area contributed by atoms with Gasteiger partial charge in [-0.15, -0.1) is 0 Å². The average Bonchev–Trinajstić information content (AvgIpc) is 2.59. The molecule has 0 spiro atoms. The Morgan fingerprint density at radius 3 is 2.86 bits per heavy atom. The van der Waals surface area contributed by atoms with E-state index < -0.39 is 4.92 Å². The van der Waals surface area contributed by atoms with E-state index in [9.17, 15) is 10.1 Å². The van der Waals surface area contributed by atoms with E-state index in [4.69, 9.17) is 5.26 Å². The fourth-order valence-electron chi connectivity index (χ4n) is 1.29. The van der Waals surface area contributed by atoms with Crippen LogP contribution in [0, 0.1) is 21.4 Å². The largest absolute Gasteiger partial charge is 0.358 e. The molecule has 2 aromatic rings. The molecule has 0 aliphatic heterocycles. The van der Waals surface area contributed by atoms with Crippen molar-refractivity contribution in [2.75, 3.05) is 0 Å². The summed E-state index contributed by atoms with van der Waals surface area (Å²) in [6.45, 7) is 0. The summed E-state index contributed by atoms with van der Waals surface area (Å²) in [5.41, 5.74) is 1.15. The number of hydrogen-bond donors (Lipinski definition) is 1. The predicted octanol–water partition coefficient (Wildman–Crippen LogP) is 1.95. The van der Waals surface area contributed by atoms with Gasteiger partial charge in [0.05, 0.1) is 11.6 Å². The number of nitrogens with zero attached hydrogens (tertiary/aromatic N) is 2. The SMILES string of the molecule is N#Cc1ccc2[nH]c([N+](=O)[O-])cc2c1. The molecule has 0 saturated carbocycles. The van der Waals surface area contributed by atoms with Gasteiger partial charge in [0, 0.05) is 11.5 Å². The lowest BCUT2D eigenvalue weighted by molar-refractivity contribution is -0.389. The second-order valence-electron chi connectivity index (χ2n) is 2.83. The molecule has 1 heterocycles. The topological polar surface area (TPSA) is 82.7 Å². The minimum Gasteiger partial charge on any atom is -0.358 e. The van der Waals surface area contributed by atoms with Crippen molar-refractivity contribution in [3.8, 4) is 6.07 Å². The summed E-state index contributed by atoms with van der Waals surface area (Å²) < 4.78 is 0. The van der Waals surface area contributed by atoms with Gasteiger partial charge in [0.15, 0.2) is 0 Å². The zero-order valence-electron chi connectivity index (χ0n) is 7.02. The van der Waals surface area contributed by atoms with Gasteiger partial charge in [-0.1, -0.05) is 0 Å². The fourth-order valence-corrected chi connectivity index (χ4v) is 1.29. The maximum atomic E-state index is 10.4. The highest BCUT2D eigenvalue weighted by Gasteiger charge is 2.09. The molecule has 1 aromatic carbocycles. The van der Waals surface area contributed by atoms with Crippen LogP contribution < -0.4 is 0 Å². The van der Waals surface area contributed by atoms with Gasteiger partial charge < -0.3 is 10.1 Å². The maximum absolute atomic E-state index is 10.4. The van der Waals surface area contributed by atoms with Crippen LogP contribution in [0.1, 0.15) is 5.56 Å². The third-order valence-corrected chi connectivity index (χ3v) is 1.93. The number of fused-ring (bicyclic) bond motifs is 1. The van der Waals surface area contributed by atoms with Crippen LogP contribution in [0.2, 0.25) is 0 Å². The van der Waals surface area contributed by atoms with E-state index in [2.05, 4.69) is 4.98 Å². The number of nitro groups is 1. The Kier molecular flexibility index (Phi) is 1.68. The van der Waals surface area contributed by atoms with E-state index in [0.717, 1.165) is 0 Å². The Morgan fingerprint density at radius 1 is 1.43 bits per heavy atom. The Hall–Kier alpha value is -2.35. The first kappa shape index (κ1) is 8.26. The van der Waals surface area contributed by atoms with Gasteiger partial charge in [-0.05, 0) is 23.1 Å². The number of nitrogens with one attached hydrogen (secondary N) is 1. The molecule has 0 bridgehead atoms. The molecule has 0 amide bonds. The van der Waals surface area contributed by atoms with Crippen LogP contribution in [0.25, 0.3) is 10.9 Å². The van der Waals surface area contributed by atoms with Gasteiger partial charge in [0.25, 0.3) is 0 Å². The van der Waals surface area contributed by atoms with Crippen LogP contribution in [0.5, 0.6) is 0 Å². The van der Waals surface area contributed by atoms with Crippen molar-refractivity contribution in [2.24, 2.45) is 0 Å². The molecule has 1 N–H and O–H groups in total. The first-order valence-corrected chi connectivity index (χ1v) is 3.88. The second-order valence-corrected chi connectivity index (χ2v) is 2.83. The van der Waals surface area contributed by atoms with Crippen molar-refractivity contribution in [1.29, 1.82) is 5.26 Å². The third-order valence-electron chi connectivity index (χ3n) is 1.93. The fraction of sp³-hybridized carbons (Fsp3) is 0. The van der Waals surface area contributed by atoms with E-state index in [1.807, 2.05) is 6.07 Å². The standard InChI is InChI=1S/C9H5N3O2/c10-5-6-1-2-8-7(3-6)4-9(11-8)12(13)14/h1-4,11H. The third kappa shape index (κ3) is 1.19. The molecule has 5 nitrogen and oxygen atoms in total. The van der Waals surface area contributed by atoms with Crippen molar-refractivity contribution < 1.29 is 4.92 Å². The minimum atomic E-state index is -0.494. The molecule has 1 aromatic heterocycles. The summed E-state index contributed by atoms with van der Waals surface area (Å²) >= 11 is 0. The molecule has 68 valence electrons. The monoisotopic (exact) mass is 187 g/mol. The number of benzene rings is 1. The lowest BCUT2D eigenvalue weighted by Crippen LogP contribution is -1.85. The molecule has 0 fully saturated rings. The number of rotatable bonds is 1. The van der Waals surface area contributed by atoms with Crippen molar-refractivity contribution >= 4 is 16.7 Å². The van der Waals surface area contributed by atoms with Crippen molar-refractivity contribution in [2.45, 2.75) is 0 Å². The van der Waals surface area contributed by atoms with Crippen molar-refractivity contribution in [3.05, 3.63) is 39.9 Å². The van der Waals surface area contributed by atoms with E-state index >= 15 is 0 Å². The molecule has 0 aliphatic rings. The van der Waals surface area contributed by atoms with Gasteiger partial charge in [0.2, 0.25) is 0 Å². The average molecular weight is 187 g/mol. The van der Waals surface area contributed by atoms with Crippen LogP contribution in [0.3, 0.4) is 0 Å². The van der Waals surface area contributed by atoms with E-state index in [1.54, 1.807) is 18.2 Å². The van der Waals surface area contributed by atoms with Crippen LogP contribution in [0.4, 0.5) is 5.82 Å². The molecule has 0 saturated heterocycles. The summed E-state index contributed by atoms with van der Waals surface area (Å²) in [4.78, 5) is 12.6. The van der Waals surface area contributed by atoms with Gasteiger partial charge in [-0.25, -0.2) is 4.98 Å². The Balaban J connectivity index is 2.67. The number of nitriles is 1. The lowest BCUT2D eigenvalue weighted by Gasteiger charge is -1.85. The van der Waals surface area contributed by atoms with Gasteiger partial charge in [-0.2, -0.15) is 5.26 Å². The summed E-state index contributed by atoms with van der Waals surface area (Å²) in [6, 6.07) is 8.26. The van der Waals surface area contributed by atoms with E-state index in [0.29, 0.717) is 16.5 Å². The van der Waals surface area contributed by atoms with Gasteiger partial charge in [-0.3, -0.25) is 0 Å². The molecule has 14 heavy (non-hydrogen) atoms. The summed E-state index contributed by atoms with van der Waals surface area (Å²) in [6.07, 6.45) is 0. The summed E-state index contributed by atoms with van der Waals surface area (Å²) in [7, 11) is 0. The van der Waals surface area contributed by atoms with Crippen LogP contribution in [-0.4, -0.2) is 9.91 Å². The maximum Gasteiger partial charge on any atom is 0.321 e. The zero-order valence-corrected chi connectivity index (χ0v) is 7.02. The number of aromatic amines is 1. The van der Waals surface area contributed by atoms with Crippen LogP contribution in [-0.2, 0) is 0 Å². The zero-order chi connectivity index (χ0) is 10.1. The van der Waals surface area contributed by atoms with Crippen molar-refractivity contribution in [1.82, 2.24) is 4.98 Å². The van der Waals surface area contributed by atoms with Gasteiger partial charge in [0.1, 0.15) is 5.52 Å². The minimum absolute atomic E-state index is 0.0601. The summed E-state index contributed by atoms with van der Waals surface area (Å²) in [5, 5.41) is 19.7. The first-order valence-electron chi connectivity index (χ1n) is 3.88. The van der Waals surface area contributed by atoms with Gasteiger partial charge >= 0.3 is 5.82 Å². The Bertz CT molecular complexity index is 551. The number of hydrogen-bond acceptors (Lipinski definition) is 3. The highest BCUT2D eigenvalue weighted by atomic mass is 16.6. The molecule has 0 unspecified atom stereocenters. The lowest BCUT2D eigenvalue weighted by atomic mass is 10.2. The predicted molar refractivity (Wildman–Crippen MR) is 49.7 cm³/mol. The summed E-state index contributed by atoms with van der Waals surface area (Å²) in [5.74, 6) is -0.0601. The van der Waals surface area contributed by atoms with E-state index in [1.165, 1.54) is 6.07 Å². The Morgan fingerprint density at radius 2 is 2.21 bits per heavy atom. The molecule has 5 heteroatoms.